The fraction of sp³-hybridized carbons (Fsp3) is 0.250. The molecule has 23 heavy (non-hydrogen) atoms. The molecule has 0 radical (unpaired) electrons. The molecule has 2 rings (SSSR count). The Morgan fingerprint density at radius 2 is 1.83 bits per heavy atom. The zero-order valence-electron chi connectivity index (χ0n) is 13.6. The van der Waals surface area contributed by atoms with Gasteiger partial charge in [0.2, 0.25) is 0 Å². The van der Waals surface area contributed by atoms with E-state index in [0.717, 1.165) is 36.3 Å². The number of hydrogen-bond acceptors (Lipinski definition) is 3. The van der Waals surface area contributed by atoms with Gasteiger partial charge >= 0.3 is 5.97 Å². The van der Waals surface area contributed by atoms with Gasteiger partial charge in [0.15, 0.2) is 0 Å². The van der Waals surface area contributed by atoms with Gasteiger partial charge < -0.3 is 9.47 Å². The molecule has 3 nitrogen and oxygen atoms in total. The normalized spacial score (nSPS) is 10.7. The molecule has 0 heterocycles. The van der Waals surface area contributed by atoms with Crippen LogP contribution in [0, 0.1) is 6.92 Å². The maximum Gasteiger partial charge on any atom is 0.336 e. The lowest BCUT2D eigenvalue weighted by molar-refractivity contribution is -0.128. The van der Waals surface area contributed by atoms with E-state index in [9.17, 15) is 4.79 Å². The van der Waals surface area contributed by atoms with Gasteiger partial charge in [0.25, 0.3) is 0 Å². The minimum Gasteiger partial charge on any atom is -0.494 e. The monoisotopic (exact) mass is 310 g/mol. The van der Waals surface area contributed by atoms with Crippen molar-refractivity contribution < 1.29 is 14.3 Å². The highest BCUT2D eigenvalue weighted by molar-refractivity contribution is 5.88. The summed E-state index contributed by atoms with van der Waals surface area (Å²) in [6.45, 7) is 4.77. The lowest BCUT2D eigenvalue weighted by Crippen LogP contribution is -2.04. The maximum absolute atomic E-state index is 11.8. The highest BCUT2D eigenvalue weighted by Gasteiger charge is 2.02. The topological polar surface area (TPSA) is 35.5 Å². The zero-order chi connectivity index (χ0) is 16.5. The van der Waals surface area contributed by atoms with Crippen LogP contribution >= 0.6 is 0 Å². The molecule has 0 bridgehead atoms. The molecule has 0 aliphatic rings. The van der Waals surface area contributed by atoms with Gasteiger partial charge in [0.05, 0.1) is 6.61 Å². The van der Waals surface area contributed by atoms with Crippen LogP contribution in [-0.2, 0) is 4.79 Å². The molecule has 0 aliphatic carbocycles. The number of aryl methyl sites for hydroxylation is 1. The lowest BCUT2D eigenvalue weighted by atomic mass is 10.2. The molecule has 0 saturated carbocycles. The van der Waals surface area contributed by atoms with E-state index in [1.54, 1.807) is 12.1 Å². The molecule has 0 unspecified atom stereocenters. The first-order valence-electron chi connectivity index (χ1n) is 7.87. The molecule has 0 fully saturated rings. The Hall–Kier alpha value is -2.55. The van der Waals surface area contributed by atoms with Crippen LogP contribution in [-0.4, -0.2) is 12.6 Å². The zero-order valence-corrected chi connectivity index (χ0v) is 13.6. The molecule has 0 N–H and O–H groups in total. The SMILES string of the molecule is CCCCOc1ccc(/C=C/C(=O)Oc2ccccc2C)cc1. The molecule has 0 saturated heterocycles. The van der Waals surface area contributed by atoms with E-state index >= 15 is 0 Å². The van der Waals surface area contributed by atoms with Gasteiger partial charge in [-0.15, -0.1) is 0 Å². The third-order valence-corrected chi connectivity index (χ3v) is 3.36. The molecule has 0 aromatic heterocycles. The summed E-state index contributed by atoms with van der Waals surface area (Å²) in [4.78, 5) is 11.8. The second kappa shape index (κ2) is 8.79. The number of carbonyl (C=O) groups excluding carboxylic acids is 1. The first-order chi connectivity index (χ1) is 11.2. The third kappa shape index (κ3) is 5.62. The van der Waals surface area contributed by atoms with E-state index in [1.165, 1.54) is 6.08 Å². The number of benzene rings is 2. The van der Waals surface area contributed by atoms with Gasteiger partial charge in [-0.1, -0.05) is 43.7 Å². The number of carbonyl (C=O) groups is 1. The van der Waals surface area contributed by atoms with Crippen molar-refractivity contribution in [3.63, 3.8) is 0 Å². The Morgan fingerprint density at radius 1 is 1.09 bits per heavy atom. The van der Waals surface area contributed by atoms with E-state index in [2.05, 4.69) is 6.92 Å². The van der Waals surface area contributed by atoms with Crippen LogP contribution in [0.15, 0.2) is 54.6 Å². The Kier molecular flexibility index (Phi) is 6.42. The summed E-state index contributed by atoms with van der Waals surface area (Å²) in [6.07, 6.45) is 5.33. The summed E-state index contributed by atoms with van der Waals surface area (Å²) in [5.41, 5.74) is 1.86. The number of hydrogen-bond donors (Lipinski definition) is 0. The number of rotatable bonds is 7. The van der Waals surface area contributed by atoms with Crippen molar-refractivity contribution in [1.29, 1.82) is 0 Å². The summed E-state index contributed by atoms with van der Waals surface area (Å²) in [6, 6.07) is 15.1. The molecular formula is C20H22O3. The summed E-state index contributed by atoms with van der Waals surface area (Å²) in [7, 11) is 0. The first-order valence-corrected chi connectivity index (χ1v) is 7.87. The van der Waals surface area contributed by atoms with Gasteiger partial charge in [0.1, 0.15) is 11.5 Å². The number of unbranched alkanes of at least 4 members (excludes halogenated alkanes) is 1. The molecule has 0 amide bonds. The molecule has 0 aliphatic heterocycles. The van der Waals surface area contributed by atoms with Crippen LogP contribution in [0.5, 0.6) is 11.5 Å². The fourth-order valence-corrected chi connectivity index (χ4v) is 1.99. The van der Waals surface area contributed by atoms with Crippen LogP contribution in [0.1, 0.15) is 30.9 Å². The lowest BCUT2D eigenvalue weighted by Gasteiger charge is -2.05. The predicted molar refractivity (Wildman–Crippen MR) is 92.7 cm³/mol. The molecular weight excluding hydrogens is 288 g/mol. The Balaban J connectivity index is 1.89. The second-order valence-electron chi connectivity index (χ2n) is 5.29. The average molecular weight is 310 g/mol. The summed E-state index contributed by atoms with van der Waals surface area (Å²) >= 11 is 0. The number of ether oxygens (including phenoxy) is 2. The Morgan fingerprint density at radius 3 is 2.52 bits per heavy atom. The van der Waals surface area contributed by atoms with Crippen molar-refractivity contribution in [3.8, 4) is 11.5 Å². The number of esters is 1. The van der Waals surface area contributed by atoms with Crippen LogP contribution in [0.2, 0.25) is 0 Å². The summed E-state index contributed by atoms with van der Waals surface area (Å²) in [5, 5.41) is 0. The molecule has 120 valence electrons. The minimum absolute atomic E-state index is 0.387. The summed E-state index contributed by atoms with van der Waals surface area (Å²) in [5.74, 6) is 1.04. The smallest absolute Gasteiger partial charge is 0.336 e. The van der Waals surface area contributed by atoms with Gasteiger partial charge in [0, 0.05) is 6.08 Å². The molecule has 0 atom stereocenters. The van der Waals surface area contributed by atoms with E-state index < -0.39 is 0 Å². The van der Waals surface area contributed by atoms with Crippen LogP contribution in [0.25, 0.3) is 6.08 Å². The van der Waals surface area contributed by atoms with Crippen molar-refractivity contribution in [2.75, 3.05) is 6.61 Å². The maximum atomic E-state index is 11.8. The standard InChI is InChI=1S/C20H22O3/c1-3-4-15-22-18-12-9-17(10-13-18)11-14-20(21)23-19-8-6-5-7-16(19)2/h5-14H,3-4,15H2,1-2H3/b14-11+. The van der Waals surface area contributed by atoms with Crippen molar-refractivity contribution in [3.05, 3.63) is 65.7 Å². The van der Waals surface area contributed by atoms with E-state index in [1.807, 2.05) is 49.4 Å². The Bertz CT molecular complexity index is 657. The van der Waals surface area contributed by atoms with Crippen LogP contribution < -0.4 is 9.47 Å². The molecule has 2 aromatic rings. The second-order valence-corrected chi connectivity index (χ2v) is 5.29. The minimum atomic E-state index is -0.387. The van der Waals surface area contributed by atoms with Gasteiger partial charge in [-0.2, -0.15) is 0 Å². The highest BCUT2D eigenvalue weighted by Crippen LogP contribution is 2.17. The number of para-hydroxylation sites is 1. The quantitative estimate of drug-likeness (QED) is 0.319. The van der Waals surface area contributed by atoms with E-state index in [-0.39, 0.29) is 5.97 Å². The van der Waals surface area contributed by atoms with E-state index in [4.69, 9.17) is 9.47 Å². The predicted octanol–water partition coefficient (Wildman–Crippen LogP) is 4.79. The van der Waals surface area contributed by atoms with Gasteiger partial charge in [-0.05, 0) is 48.7 Å². The summed E-state index contributed by atoms with van der Waals surface area (Å²) < 4.78 is 10.9. The molecule has 2 aromatic carbocycles. The highest BCUT2D eigenvalue weighted by atomic mass is 16.5. The first kappa shape index (κ1) is 16.8. The van der Waals surface area contributed by atoms with Gasteiger partial charge in [-0.3, -0.25) is 0 Å². The van der Waals surface area contributed by atoms with Crippen molar-refractivity contribution >= 4 is 12.0 Å². The van der Waals surface area contributed by atoms with Crippen LogP contribution in [0.3, 0.4) is 0 Å². The Labute approximate surface area is 137 Å². The molecule has 3 heteroatoms. The van der Waals surface area contributed by atoms with Crippen molar-refractivity contribution in [1.82, 2.24) is 0 Å². The largest absolute Gasteiger partial charge is 0.494 e. The van der Waals surface area contributed by atoms with Crippen molar-refractivity contribution in [2.24, 2.45) is 0 Å². The fourth-order valence-electron chi connectivity index (χ4n) is 1.99. The van der Waals surface area contributed by atoms with Crippen molar-refractivity contribution in [2.45, 2.75) is 26.7 Å². The molecule has 0 spiro atoms. The van der Waals surface area contributed by atoms with E-state index in [0.29, 0.717) is 5.75 Å². The van der Waals surface area contributed by atoms with Crippen LogP contribution in [0.4, 0.5) is 0 Å². The third-order valence-electron chi connectivity index (χ3n) is 3.36. The van der Waals surface area contributed by atoms with Gasteiger partial charge in [-0.25, -0.2) is 4.79 Å². The average Bonchev–Trinajstić information content (AvgIpc) is 2.56.